The van der Waals surface area contributed by atoms with Crippen LogP contribution in [0.5, 0.6) is 0 Å². The van der Waals surface area contributed by atoms with E-state index in [1.165, 1.54) is 0 Å². The van der Waals surface area contributed by atoms with Crippen LogP contribution in [0.2, 0.25) is 0 Å². The zero-order valence-corrected chi connectivity index (χ0v) is 9.33. The summed E-state index contributed by atoms with van der Waals surface area (Å²) in [6.45, 7) is 7.42. The number of amides is 2. The summed E-state index contributed by atoms with van der Waals surface area (Å²) in [4.78, 5) is 22.4. The smallest absolute Gasteiger partial charge is 0.240 e. The predicted molar refractivity (Wildman–Crippen MR) is 55.4 cm³/mol. The number of carbonyl (C=O) groups is 2. The molecule has 0 radical (unpaired) electrons. The monoisotopic (exact) mass is 200 g/mol. The topological polar surface area (TPSA) is 72.2 Å². The summed E-state index contributed by atoms with van der Waals surface area (Å²) in [5.74, 6) is -0.640. The molecule has 0 saturated carbocycles. The average molecular weight is 200 g/mol. The fourth-order valence-electron chi connectivity index (χ4n) is 1.05. The summed E-state index contributed by atoms with van der Waals surface area (Å²) in [6.07, 6.45) is 0.811. The number of hydrogen-bond donors (Lipinski definition) is 2. The second-order valence-electron chi connectivity index (χ2n) is 3.93. The van der Waals surface area contributed by atoms with Crippen molar-refractivity contribution in [2.24, 2.45) is 17.6 Å². The Balaban J connectivity index is 4.38. The second-order valence-corrected chi connectivity index (χ2v) is 3.93. The van der Waals surface area contributed by atoms with Crippen LogP contribution < -0.4 is 11.1 Å². The van der Waals surface area contributed by atoms with E-state index in [2.05, 4.69) is 5.32 Å². The maximum Gasteiger partial charge on any atom is 0.240 e. The van der Waals surface area contributed by atoms with Crippen molar-refractivity contribution < 1.29 is 9.59 Å². The number of nitrogens with one attached hydrogen (secondary N) is 1. The Morgan fingerprint density at radius 3 is 2.07 bits per heavy atom. The van der Waals surface area contributed by atoms with Crippen molar-refractivity contribution in [3.63, 3.8) is 0 Å². The fourth-order valence-corrected chi connectivity index (χ4v) is 1.05. The number of hydrogen-bond acceptors (Lipinski definition) is 2. The molecule has 0 fully saturated rings. The third kappa shape index (κ3) is 3.77. The maximum atomic E-state index is 11.4. The van der Waals surface area contributed by atoms with Crippen molar-refractivity contribution >= 4 is 11.8 Å². The molecule has 0 aromatic rings. The first-order valence-corrected chi connectivity index (χ1v) is 4.99. The fraction of sp³-hybridized carbons (Fsp3) is 0.800. The van der Waals surface area contributed by atoms with E-state index in [1.54, 1.807) is 13.8 Å². The van der Waals surface area contributed by atoms with E-state index in [4.69, 9.17) is 5.73 Å². The van der Waals surface area contributed by atoms with Gasteiger partial charge >= 0.3 is 0 Å². The number of rotatable bonds is 5. The summed E-state index contributed by atoms with van der Waals surface area (Å²) in [7, 11) is 0. The van der Waals surface area contributed by atoms with E-state index in [0.717, 1.165) is 6.42 Å². The molecule has 0 unspecified atom stereocenters. The molecule has 0 bridgehead atoms. The maximum absolute atomic E-state index is 11.4. The first-order valence-electron chi connectivity index (χ1n) is 4.99. The van der Waals surface area contributed by atoms with Gasteiger partial charge < -0.3 is 11.1 Å². The highest BCUT2D eigenvalue weighted by molar-refractivity contribution is 5.87. The van der Waals surface area contributed by atoms with Crippen LogP contribution in [0.4, 0.5) is 0 Å². The minimum absolute atomic E-state index is 0.0789. The van der Waals surface area contributed by atoms with E-state index in [9.17, 15) is 9.59 Å². The van der Waals surface area contributed by atoms with Gasteiger partial charge in [0.05, 0.1) is 0 Å². The van der Waals surface area contributed by atoms with Crippen LogP contribution in [0.3, 0.4) is 0 Å². The highest BCUT2D eigenvalue weighted by atomic mass is 16.2. The largest absolute Gasteiger partial charge is 0.368 e. The van der Waals surface area contributed by atoms with Crippen LogP contribution in [-0.2, 0) is 9.59 Å². The van der Waals surface area contributed by atoms with Crippen molar-refractivity contribution in [2.45, 2.75) is 40.2 Å². The predicted octanol–water partition coefficient (Wildman–Crippen LogP) is 0.659. The summed E-state index contributed by atoms with van der Waals surface area (Å²) in [6, 6.07) is -0.546. The van der Waals surface area contributed by atoms with Crippen LogP contribution >= 0.6 is 0 Å². The molecule has 0 spiro atoms. The molecule has 14 heavy (non-hydrogen) atoms. The highest BCUT2D eigenvalue weighted by Crippen LogP contribution is 2.08. The quantitative estimate of drug-likeness (QED) is 0.684. The molecular weight excluding hydrogens is 180 g/mol. The van der Waals surface area contributed by atoms with Crippen molar-refractivity contribution in [3.05, 3.63) is 0 Å². The van der Waals surface area contributed by atoms with Gasteiger partial charge in [0.1, 0.15) is 6.04 Å². The Bertz CT molecular complexity index is 214. The summed E-state index contributed by atoms with van der Waals surface area (Å²) in [5.41, 5.74) is 5.21. The molecule has 0 aliphatic heterocycles. The minimum atomic E-state index is -0.546. The molecule has 0 aliphatic carbocycles. The zero-order valence-electron chi connectivity index (χ0n) is 9.33. The Kier molecular flexibility index (Phi) is 5.20. The van der Waals surface area contributed by atoms with Crippen molar-refractivity contribution in [1.82, 2.24) is 5.32 Å². The highest BCUT2D eigenvalue weighted by Gasteiger charge is 2.24. The molecule has 4 heteroatoms. The lowest BCUT2D eigenvalue weighted by Gasteiger charge is -2.22. The minimum Gasteiger partial charge on any atom is -0.368 e. The molecule has 0 saturated heterocycles. The second kappa shape index (κ2) is 5.62. The number of nitrogens with two attached hydrogens (primary N) is 1. The van der Waals surface area contributed by atoms with Gasteiger partial charge in [0.2, 0.25) is 11.8 Å². The van der Waals surface area contributed by atoms with Gasteiger partial charge in [-0.1, -0.05) is 34.1 Å². The summed E-state index contributed by atoms with van der Waals surface area (Å²) < 4.78 is 0. The average Bonchev–Trinajstić information content (AvgIpc) is 2.11. The lowest BCUT2D eigenvalue weighted by Crippen LogP contribution is -2.49. The molecule has 0 aromatic carbocycles. The SMILES string of the molecule is CC[C@H](C)[C@@H](NC(=O)C(C)C)C(N)=O. The van der Waals surface area contributed by atoms with Crippen molar-refractivity contribution in [2.75, 3.05) is 0 Å². The molecule has 3 N–H and O–H groups in total. The Hall–Kier alpha value is -1.06. The van der Waals surface area contributed by atoms with Gasteiger partial charge in [0.15, 0.2) is 0 Å². The first kappa shape index (κ1) is 12.9. The third-order valence-corrected chi connectivity index (χ3v) is 2.34. The van der Waals surface area contributed by atoms with Gasteiger partial charge in [0.25, 0.3) is 0 Å². The van der Waals surface area contributed by atoms with Crippen LogP contribution in [0.1, 0.15) is 34.1 Å². The van der Waals surface area contributed by atoms with Gasteiger partial charge in [-0.15, -0.1) is 0 Å². The van der Waals surface area contributed by atoms with Crippen LogP contribution in [0, 0.1) is 11.8 Å². The van der Waals surface area contributed by atoms with Crippen LogP contribution in [-0.4, -0.2) is 17.9 Å². The van der Waals surface area contributed by atoms with Gasteiger partial charge in [0, 0.05) is 5.92 Å². The summed E-state index contributed by atoms with van der Waals surface area (Å²) in [5, 5.41) is 2.65. The molecule has 0 heterocycles. The molecule has 0 aliphatic rings. The molecular formula is C10H20N2O2. The molecule has 2 amide bonds. The Morgan fingerprint density at radius 2 is 1.79 bits per heavy atom. The Labute approximate surface area is 85.2 Å². The lowest BCUT2D eigenvalue weighted by atomic mass is 9.98. The van der Waals surface area contributed by atoms with Gasteiger partial charge in [-0.25, -0.2) is 0 Å². The van der Waals surface area contributed by atoms with Crippen molar-refractivity contribution in [3.8, 4) is 0 Å². The van der Waals surface area contributed by atoms with E-state index in [-0.39, 0.29) is 17.7 Å². The standard InChI is InChI=1S/C10H20N2O2/c1-5-7(4)8(9(11)13)12-10(14)6(2)3/h6-8H,5H2,1-4H3,(H2,11,13)(H,12,14)/t7-,8+/m0/s1. The van der Waals surface area contributed by atoms with Crippen LogP contribution in [0.25, 0.3) is 0 Å². The molecule has 82 valence electrons. The third-order valence-electron chi connectivity index (χ3n) is 2.34. The van der Waals surface area contributed by atoms with E-state index >= 15 is 0 Å². The van der Waals surface area contributed by atoms with E-state index in [1.807, 2.05) is 13.8 Å². The van der Waals surface area contributed by atoms with E-state index in [0.29, 0.717) is 0 Å². The zero-order chi connectivity index (χ0) is 11.3. The molecule has 0 rings (SSSR count). The first-order chi connectivity index (χ1) is 6.40. The summed E-state index contributed by atoms with van der Waals surface area (Å²) >= 11 is 0. The normalized spacial score (nSPS) is 14.9. The molecule has 4 nitrogen and oxygen atoms in total. The number of carbonyl (C=O) groups excluding carboxylic acids is 2. The Morgan fingerprint density at radius 1 is 1.29 bits per heavy atom. The van der Waals surface area contributed by atoms with Gasteiger partial charge in [-0.3, -0.25) is 9.59 Å². The van der Waals surface area contributed by atoms with Gasteiger partial charge in [-0.2, -0.15) is 0 Å². The molecule has 0 aromatic heterocycles. The lowest BCUT2D eigenvalue weighted by molar-refractivity contribution is -0.130. The van der Waals surface area contributed by atoms with E-state index < -0.39 is 11.9 Å². The van der Waals surface area contributed by atoms with Crippen LogP contribution in [0.15, 0.2) is 0 Å². The van der Waals surface area contributed by atoms with Crippen molar-refractivity contribution in [1.29, 1.82) is 0 Å². The number of primary amides is 1. The molecule has 2 atom stereocenters. The van der Waals surface area contributed by atoms with Gasteiger partial charge in [-0.05, 0) is 5.92 Å².